The summed E-state index contributed by atoms with van der Waals surface area (Å²) >= 11 is 0. The lowest BCUT2D eigenvalue weighted by molar-refractivity contribution is -0.137. The number of anilines is 3. The highest BCUT2D eigenvalue weighted by molar-refractivity contribution is 7.90. The molecule has 7 aromatic rings. The number of halogens is 3. The number of hydrogen-bond acceptors (Lipinski definition) is 11. The molecule has 3 aliphatic heterocycles. The molecule has 0 spiro atoms. The second kappa shape index (κ2) is 24.6. The molecule has 14 nitrogen and oxygen atoms in total. The molecule has 80 heavy (non-hydrogen) atoms. The first kappa shape index (κ1) is 58.9. The normalized spacial score (nSPS) is 14.2. The highest BCUT2D eigenvalue weighted by Crippen LogP contribution is 2.36. The third kappa shape index (κ3) is 14.6. The number of ether oxygens (including phenoxy) is 1. The molecule has 0 aromatic heterocycles. The molecule has 420 valence electrons. The van der Waals surface area contributed by atoms with Crippen LogP contribution in [0, 0.1) is 11.3 Å². The van der Waals surface area contributed by atoms with Gasteiger partial charge in [0.1, 0.15) is 11.5 Å². The Kier molecular flexibility index (Phi) is 18.1. The summed E-state index contributed by atoms with van der Waals surface area (Å²) in [5.74, 6) is 1.30. The van der Waals surface area contributed by atoms with Crippen LogP contribution in [0.5, 0.6) is 11.5 Å². The van der Waals surface area contributed by atoms with E-state index in [1.165, 1.54) is 52.3 Å². The lowest BCUT2D eigenvalue weighted by atomic mass is 10.0. The molecular weight excluding hydrogens is 1080 g/mol. The second-order valence-electron chi connectivity index (χ2n) is 20.6. The van der Waals surface area contributed by atoms with Crippen molar-refractivity contribution in [1.29, 1.82) is 5.26 Å². The van der Waals surface area contributed by atoms with Crippen molar-refractivity contribution < 1.29 is 43.2 Å². The Bertz CT molecular complexity index is 3640. The van der Waals surface area contributed by atoms with Crippen molar-refractivity contribution in [2.75, 3.05) is 60.5 Å². The van der Waals surface area contributed by atoms with Crippen molar-refractivity contribution in [2.45, 2.75) is 78.9 Å². The molecule has 3 N–H and O–H groups in total. The first-order valence-electron chi connectivity index (χ1n) is 26.0. The van der Waals surface area contributed by atoms with Crippen LogP contribution in [0.3, 0.4) is 0 Å². The fourth-order valence-electron chi connectivity index (χ4n) is 9.72. The van der Waals surface area contributed by atoms with Crippen LogP contribution in [0.4, 0.5) is 30.2 Å². The molecule has 10 rings (SSSR count). The Labute approximate surface area is 468 Å². The number of para-hydroxylation sites is 4. The summed E-state index contributed by atoms with van der Waals surface area (Å²) in [6, 6.07) is 51.7. The molecule has 0 amide bonds. The molecule has 0 saturated heterocycles. The number of nitrogens with zero attached hydrogens (tertiary/aromatic N) is 4. The van der Waals surface area contributed by atoms with Gasteiger partial charge in [-0.25, -0.2) is 39.4 Å². The maximum atomic E-state index is 12.8. The number of nitrogens with one attached hydrogen (secondary N) is 3. The number of fused-ring (bicyclic) bond motifs is 3. The zero-order valence-corrected chi connectivity index (χ0v) is 47.3. The smallest absolute Gasteiger partial charge is 0.416 e. The van der Waals surface area contributed by atoms with Gasteiger partial charge in [-0.3, -0.25) is 0 Å². The van der Waals surface area contributed by atoms with Gasteiger partial charge in [0.2, 0.25) is 30.1 Å². The predicted molar refractivity (Wildman–Crippen MR) is 307 cm³/mol. The number of hydrogen-bond donors (Lipinski definition) is 3. The molecule has 0 saturated carbocycles. The first-order valence-corrected chi connectivity index (χ1v) is 30.4. The van der Waals surface area contributed by atoms with Gasteiger partial charge in [-0.05, 0) is 167 Å². The average molecular weight is 1150 g/mol. The van der Waals surface area contributed by atoms with E-state index < -0.39 is 47.3 Å². The van der Waals surface area contributed by atoms with E-state index in [4.69, 9.17) is 10.00 Å². The summed E-state index contributed by atoms with van der Waals surface area (Å²) in [5, 5.41) is 8.75. The summed E-state index contributed by atoms with van der Waals surface area (Å²) in [6.45, 7) is 12.0. The molecule has 0 aliphatic carbocycles. The van der Waals surface area contributed by atoms with Crippen molar-refractivity contribution in [3.63, 3.8) is 0 Å². The maximum Gasteiger partial charge on any atom is 0.416 e. The Hall–Kier alpha value is -7.25. The summed E-state index contributed by atoms with van der Waals surface area (Å²) in [5.41, 5.74) is 6.00. The van der Waals surface area contributed by atoms with E-state index in [0.29, 0.717) is 36.7 Å². The van der Waals surface area contributed by atoms with Gasteiger partial charge in [0.25, 0.3) is 0 Å². The number of sulfonamides is 3. The van der Waals surface area contributed by atoms with Gasteiger partial charge in [0.05, 0.1) is 31.9 Å². The van der Waals surface area contributed by atoms with E-state index in [1.807, 2.05) is 92.7 Å². The summed E-state index contributed by atoms with van der Waals surface area (Å²) in [4.78, 5) is 6.84. The third-order valence-corrected chi connectivity index (χ3v) is 18.5. The van der Waals surface area contributed by atoms with Crippen molar-refractivity contribution in [3.05, 3.63) is 204 Å². The van der Waals surface area contributed by atoms with E-state index in [-0.39, 0.29) is 26.8 Å². The molecule has 0 radical (unpaired) electrons. The van der Waals surface area contributed by atoms with E-state index >= 15 is 0 Å². The van der Waals surface area contributed by atoms with E-state index in [2.05, 4.69) is 73.0 Å². The summed E-state index contributed by atoms with van der Waals surface area (Å²) < 4.78 is 127. The average Bonchev–Trinajstić information content (AvgIpc) is 4.24. The van der Waals surface area contributed by atoms with Crippen molar-refractivity contribution >= 4 is 47.1 Å². The van der Waals surface area contributed by atoms with Gasteiger partial charge in [-0.1, -0.05) is 72.8 Å². The van der Waals surface area contributed by atoms with E-state index in [0.717, 1.165) is 68.8 Å². The number of nitriles is 1. The Morgan fingerprint density at radius 3 is 1.35 bits per heavy atom. The molecule has 0 atom stereocenters. The van der Waals surface area contributed by atoms with Gasteiger partial charge in [-0.15, -0.1) is 0 Å². The van der Waals surface area contributed by atoms with Gasteiger partial charge in [0, 0.05) is 74.0 Å². The van der Waals surface area contributed by atoms with Crippen LogP contribution in [-0.4, -0.2) is 82.1 Å². The summed E-state index contributed by atoms with van der Waals surface area (Å²) in [7, 11) is -11.1. The van der Waals surface area contributed by atoms with Crippen LogP contribution in [0.15, 0.2) is 191 Å². The molecule has 3 heterocycles. The second-order valence-corrected chi connectivity index (χ2v) is 25.9. The largest absolute Gasteiger partial charge is 0.457 e. The van der Waals surface area contributed by atoms with Crippen LogP contribution in [0.25, 0.3) is 0 Å². The molecule has 0 bridgehead atoms. The Morgan fingerprint density at radius 2 is 0.875 bits per heavy atom. The van der Waals surface area contributed by atoms with Gasteiger partial charge < -0.3 is 19.4 Å². The Morgan fingerprint density at radius 1 is 0.487 bits per heavy atom. The molecule has 20 heteroatoms. The quantitative estimate of drug-likeness (QED) is 0.0790. The van der Waals surface area contributed by atoms with Gasteiger partial charge in [0.15, 0.2) is 0 Å². The fraction of sp³-hybridized carbons (Fsp3) is 0.283. The highest BCUT2D eigenvalue weighted by Gasteiger charge is 2.35. The standard InChI is InChI=1S/C24H26N2O3S.C19H21F3N2O2S.C17H17N3O2S/c1-24(2,26-17-16-19-8-6-7-11-23(19)26)18-25-30(27,28)22-14-12-21(13-15-22)29-20-9-4-3-5-10-20;1-18(2,24-12-11-14-5-3-4-6-17(14)24)13-23-27(25,26)16-9-7-15(8-10-16)19(20,21)22;18-13-14-5-7-16(8-6-14)23(21,22)19-10-12-20-11-9-15-3-1-2-4-17(15)20/h3-15,25H,16-18H2,1-2H3;3-10,23H,11-13H2,1-2H3;1-8,19H,9-12H2. The van der Waals surface area contributed by atoms with Crippen LogP contribution in [-0.2, 0) is 55.5 Å². The number of benzene rings is 7. The number of rotatable bonds is 17. The van der Waals surface area contributed by atoms with Crippen molar-refractivity contribution in [1.82, 2.24) is 14.2 Å². The third-order valence-electron chi connectivity index (χ3n) is 14.2. The van der Waals surface area contributed by atoms with Crippen LogP contribution in [0.2, 0.25) is 0 Å². The molecule has 0 unspecified atom stereocenters. The zero-order chi connectivity index (χ0) is 57.4. The first-order chi connectivity index (χ1) is 38.0. The van der Waals surface area contributed by atoms with Crippen LogP contribution < -0.4 is 33.6 Å². The van der Waals surface area contributed by atoms with Gasteiger partial charge in [-0.2, -0.15) is 18.4 Å². The minimum atomic E-state index is -4.50. The summed E-state index contributed by atoms with van der Waals surface area (Å²) in [6.07, 6.45) is -1.63. The zero-order valence-electron chi connectivity index (χ0n) is 44.8. The van der Waals surface area contributed by atoms with Crippen LogP contribution >= 0.6 is 0 Å². The molecular formula is C60H64F3N7O7S3. The minimum Gasteiger partial charge on any atom is -0.457 e. The van der Waals surface area contributed by atoms with Crippen LogP contribution in [0.1, 0.15) is 55.5 Å². The van der Waals surface area contributed by atoms with Crippen molar-refractivity contribution in [3.8, 4) is 17.6 Å². The SMILES string of the molecule is CC(C)(CNS(=O)(=O)c1ccc(C(F)(F)F)cc1)N1CCc2ccccc21.CC(C)(CNS(=O)(=O)c1ccc(Oc2ccccc2)cc1)N1CCc2ccccc21.N#Cc1ccc(S(=O)(=O)NCCN2CCc3ccccc32)cc1. The van der Waals surface area contributed by atoms with E-state index in [1.54, 1.807) is 24.3 Å². The predicted octanol–water partition coefficient (Wildman–Crippen LogP) is 10.3. The number of alkyl halides is 3. The molecule has 3 aliphatic rings. The monoisotopic (exact) mass is 1150 g/mol. The highest BCUT2D eigenvalue weighted by atomic mass is 32.2. The lowest BCUT2D eigenvalue weighted by Gasteiger charge is -2.38. The minimum absolute atomic E-state index is 0.130. The van der Waals surface area contributed by atoms with Gasteiger partial charge >= 0.3 is 6.18 Å². The van der Waals surface area contributed by atoms with E-state index in [9.17, 15) is 38.4 Å². The molecule has 0 fully saturated rings. The fourth-order valence-corrected chi connectivity index (χ4v) is 13.1. The maximum absolute atomic E-state index is 12.8. The topological polar surface area (TPSA) is 181 Å². The lowest BCUT2D eigenvalue weighted by Crippen LogP contribution is -2.51. The van der Waals surface area contributed by atoms with Crippen molar-refractivity contribution in [2.24, 2.45) is 0 Å². The Balaban J connectivity index is 0.000000159. The molecule has 7 aromatic carbocycles.